The molecule has 3 nitrogen and oxygen atoms in total. The SMILES string of the molecule is C[C@@H](NC1CC1)c1ccc(B(O)O)cc1. The Labute approximate surface area is 90.3 Å². The van der Waals surface area contributed by atoms with E-state index < -0.39 is 7.12 Å². The highest BCUT2D eigenvalue weighted by Gasteiger charge is 2.23. The molecule has 1 atom stereocenters. The molecule has 4 heteroatoms. The van der Waals surface area contributed by atoms with Crippen molar-refractivity contribution in [3.05, 3.63) is 29.8 Å². The first-order valence-electron chi connectivity index (χ1n) is 5.39. The predicted octanol–water partition coefficient (Wildman–Crippen LogP) is 0.179. The van der Waals surface area contributed by atoms with Gasteiger partial charge in [-0.15, -0.1) is 0 Å². The van der Waals surface area contributed by atoms with Gasteiger partial charge in [0.15, 0.2) is 0 Å². The first kappa shape index (κ1) is 10.7. The molecule has 1 aromatic rings. The van der Waals surface area contributed by atoms with Crippen LogP contribution in [-0.2, 0) is 0 Å². The van der Waals surface area contributed by atoms with E-state index in [1.807, 2.05) is 12.1 Å². The summed E-state index contributed by atoms with van der Waals surface area (Å²) in [7, 11) is -1.37. The van der Waals surface area contributed by atoms with Gasteiger partial charge in [-0.3, -0.25) is 0 Å². The van der Waals surface area contributed by atoms with Crippen molar-refractivity contribution < 1.29 is 10.0 Å². The van der Waals surface area contributed by atoms with Crippen molar-refractivity contribution in [1.29, 1.82) is 0 Å². The van der Waals surface area contributed by atoms with E-state index in [1.165, 1.54) is 18.4 Å². The van der Waals surface area contributed by atoms with Gasteiger partial charge in [0.1, 0.15) is 0 Å². The minimum Gasteiger partial charge on any atom is -0.423 e. The summed E-state index contributed by atoms with van der Waals surface area (Å²) < 4.78 is 0. The number of nitrogens with one attached hydrogen (secondary N) is 1. The molecule has 0 aromatic heterocycles. The van der Waals surface area contributed by atoms with Gasteiger partial charge < -0.3 is 15.4 Å². The zero-order valence-electron chi connectivity index (χ0n) is 8.85. The third-order valence-corrected chi connectivity index (χ3v) is 2.80. The van der Waals surface area contributed by atoms with Crippen LogP contribution in [0.15, 0.2) is 24.3 Å². The van der Waals surface area contributed by atoms with E-state index in [1.54, 1.807) is 12.1 Å². The van der Waals surface area contributed by atoms with E-state index in [0.29, 0.717) is 17.5 Å². The summed E-state index contributed by atoms with van der Waals surface area (Å²) in [4.78, 5) is 0. The average Bonchev–Trinajstić information content (AvgIpc) is 3.02. The molecule has 1 aliphatic rings. The van der Waals surface area contributed by atoms with E-state index in [9.17, 15) is 0 Å². The van der Waals surface area contributed by atoms with Crippen LogP contribution < -0.4 is 10.8 Å². The van der Waals surface area contributed by atoms with E-state index in [4.69, 9.17) is 10.0 Å². The molecule has 0 saturated heterocycles. The second kappa shape index (κ2) is 4.35. The van der Waals surface area contributed by atoms with Crippen LogP contribution in [0.3, 0.4) is 0 Å². The Morgan fingerprint density at radius 3 is 2.33 bits per heavy atom. The zero-order chi connectivity index (χ0) is 10.8. The normalized spacial score (nSPS) is 17.5. The Hall–Kier alpha value is -0.835. The molecule has 1 fully saturated rings. The minimum absolute atomic E-state index is 0.336. The smallest absolute Gasteiger partial charge is 0.423 e. The predicted molar refractivity (Wildman–Crippen MR) is 60.8 cm³/mol. The van der Waals surface area contributed by atoms with Crippen LogP contribution in [0.5, 0.6) is 0 Å². The van der Waals surface area contributed by atoms with Crippen LogP contribution in [0, 0.1) is 0 Å². The van der Waals surface area contributed by atoms with Gasteiger partial charge in [0.2, 0.25) is 0 Å². The Bertz CT molecular complexity index is 322. The summed E-state index contributed by atoms with van der Waals surface area (Å²) >= 11 is 0. The van der Waals surface area contributed by atoms with Crippen molar-refractivity contribution in [3.8, 4) is 0 Å². The fraction of sp³-hybridized carbons (Fsp3) is 0.455. The quantitative estimate of drug-likeness (QED) is 0.614. The molecule has 1 aromatic carbocycles. The van der Waals surface area contributed by atoms with Crippen molar-refractivity contribution in [3.63, 3.8) is 0 Å². The monoisotopic (exact) mass is 205 g/mol. The van der Waals surface area contributed by atoms with Crippen LogP contribution in [-0.4, -0.2) is 23.2 Å². The Morgan fingerprint density at radius 1 is 1.27 bits per heavy atom. The molecule has 0 bridgehead atoms. The van der Waals surface area contributed by atoms with Crippen molar-refractivity contribution >= 4 is 12.6 Å². The highest BCUT2D eigenvalue weighted by molar-refractivity contribution is 6.58. The summed E-state index contributed by atoms with van der Waals surface area (Å²) in [5.41, 5.74) is 1.73. The first-order chi connectivity index (χ1) is 7.16. The van der Waals surface area contributed by atoms with Gasteiger partial charge in [0.25, 0.3) is 0 Å². The van der Waals surface area contributed by atoms with Crippen molar-refractivity contribution in [2.24, 2.45) is 0 Å². The Balaban J connectivity index is 2.01. The van der Waals surface area contributed by atoms with Gasteiger partial charge in [0.05, 0.1) is 0 Å². The van der Waals surface area contributed by atoms with Crippen LogP contribution >= 0.6 is 0 Å². The number of hydrogen-bond donors (Lipinski definition) is 3. The zero-order valence-corrected chi connectivity index (χ0v) is 8.85. The Kier molecular flexibility index (Phi) is 3.10. The van der Waals surface area contributed by atoms with Gasteiger partial charge in [0, 0.05) is 12.1 Å². The van der Waals surface area contributed by atoms with Crippen molar-refractivity contribution in [2.75, 3.05) is 0 Å². The van der Waals surface area contributed by atoms with E-state index in [-0.39, 0.29) is 0 Å². The van der Waals surface area contributed by atoms with Crippen molar-refractivity contribution in [2.45, 2.75) is 31.8 Å². The molecular weight excluding hydrogens is 189 g/mol. The summed E-state index contributed by atoms with van der Waals surface area (Å²) in [5, 5.41) is 21.4. The highest BCUT2D eigenvalue weighted by Crippen LogP contribution is 2.23. The topological polar surface area (TPSA) is 52.5 Å². The van der Waals surface area contributed by atoms with Gasteiger partial charge in [-0.2, -0.15) is 0 Å². The molecule has 0 amide bonds. The standard InChI is InChI=1S/C11H16BNO2/c1-8(13-11-6-7-11)9-2-4-10(5-3-9)12(14)15/h2-5,8,11,13-15H,6-7H2,1H3/t8-/m1/s1. The maximum Gasteiger partial charge on any atom is 0.488 e. The second-order valence-corrected chi connectivity index (χ2v) is 4.20. The second-order valence-electron chi connectivity index (χ2n) is 4.20. The summed E-state index contributed by atoms with van der Waals surface area (Å²) in [6.45, 7) is 2.13. The van der Waals surface area contributed by atoms with E-state index in [2.05, 4.69) is 12.2 Å². The van der Waals surface area contributed by atoms with Crippen molar-refractivity contribution in [1.82, 2.24) is 5.32 Å². The molecule has 0 spiro atoms. The molecule has 0 heterocycles. The molecule has 15 heavy (non-hydrogen) atoms. The van der Waals surface area contributed by atoms with E-state index >= 15 is 0 Å². The largest absolute Gasteiger partial charge is 0.488 e. The molecule has 0 unspecified atom stereocenters. The summed E-state index contributed by atoms with van der Waals surface area (Å²) in [5.74, 6) is 0. The number of rotatable bonds is 4. The van der Waals surface area contributed by atoms with Crippen LogP contribution in [0.4, 0.5) is 0 Å². The molecule has 0 radical (unpaired) electrons. The average molecular weight is 205 g/mol. The number of hydrogen-bond acceptors (Lipinski definition) is 3. The first-order valence-corrected chi connectivity index (χ1v) is 5.39. The van der Waals surface area contributed by atoms with Gasteiger partial charge >= 0.3 is 7.12 Å². The van der Waals surface area contributed by atoms with E-state index in [0.717, 1.165) is 0 Å². The molecule has 0 aliphatic heterocycles. The molecule has 3 N–H and O–H groups in total. The van der Waals surface area contributed by atoms with Crippen LogP contribution in [0.25, 0.3) is 0 Å². The highest BCUT2D eigenvalue weighted by atomic mass is 16.4. The van der Waals surface area contributed by atoms with Gasteiger partial charge in [-0.1, -0.05) is 24.3 Å². The molecule has 2 rings (SSSR count). The van der Waals surface area contributed by atoms with Crippen LogP contribution in [0.1, 0.15) is 31.4 Å². The summed E-state index contributed by atoms with van der Waals surface area (Å²) in [6, 6.07) is 8.41. The fourth-order valence-corrected chi connectivity index (χ4v) is 1.66. The molecule has 1 aliphatic carbocycles. The Morgan fingerprint density at radius 2 is 1.87 bits per heavy atom. The maximum atomic E-state index is 8.95. The van der Waals surface area contributed by atoms with Gasteiger partial charge in [-0.25, -0.2) is 0 Å². The molecule has 80 valence electrons. The fourth-order valence-electron chi connectivity index (χ4n) is 1.66. The molecular formula is C11H16BNO2. The lowest BCUT2D eigenvalue weighted by atomic mass is 9.80. The lowest BCUT2D eigenvalue weighted by molar-refractivity contribution is 0.425. The third kappa shape index (κ3) is 2.81. The molecule has 1 saturated carbocycles. The number of benzene rings is 1. The third-order valence-electron chi connectivity index (χ3n) is 2.80. The maximum absolute atomic E-state index is 8.95. The minimum atomic E-state index is -1.37. The summed E-state index contributed by atoms with van der Waals surface area (Å²) in [6.07, 6.45) is 2.55. The lowest BCUT2D eigenvalue weighted by Gasteiger charge is -2.13. The lowest BCUT2D eigenvalue weighted by Crippen LogP contribution is -2.30. The van der Waals surface area contributed by atoms with Gasteiger partial charge in [-0.05, 0) is 30.8 Å². The van der Waals surface area contributed by atoms with Crippen LogP contribution in [0.2, 0.25) is 0 Å².